The van der Waals surface area contributed by atoms with Crippen LogP contribution in [0.25, 0.3) is 0 Å². The van der Waals surface area contributed by atoms with Gasteiger partial charge in [0.1, 0.15) is 12.4 Å². The standard InChI is InChI=1S/C22H33NO2/c1-6-19-14-21(10-11-22(19)18(5)24)25-15-20-9-7-8-12-23(20)17(4)13-16(2)3/h10-11,14,16,20H,4,6-9,12-13,15H2,1-3,5H3. The van der Waals surface area contributed by atoms with Crippen molar-refractivity contribution in [3.8, 4) is 5.75 Å². The first kappa shape index (κ1) is 19.6. The van der Waals surface area contributed by atoms with Gasteiger partial charge in [0.25, 0.3) is 0 Å². The molecule has 138 valence electrons. The van der Waals surface area contributed by atoms with Gasteiger partial charge in [-0.25, -0.2) is 0 Å². The average Bonchev–Trinajstić information content (AvgIpc) is 2.59. The molecular weight excluding hydrogens is 310 g/mol. The third-order valence-corrected chi connectivity index (χ3v) is 4.96. The molecule has 1 heterocycles. The molecule has 1 saturated heterocycles. The van der Waals surface area contributed by atoms with Crippen molar-refractivity contribution in [1.82, 2.24) is 4.90 Å². The fourth-order valence-corrected chi connectivity index (χ4v) is 3.67. The van der Waals surface area contributed by atoms with Crippen LogP contribution in [-0.2, 0) is 6.42 Å². The van der Waals surface area contributed by atoms with E-state index in [0.717, 1.165) is 42.7 Å². The number of Topliss-reactive ketones (excluding diaryl/α,β-unsaturated/α-hetero) is 1. The van der Waals surface area contributed by atoms with Crippen molar-refractivity contribution in [1.29, 1.82) is 0 Å². The van der Waals surface area contributed by atoms with Crippen molar-refractivity contribution in [2.45, 2.75) is 65.8 Å². The fraction of sp³-hybridized carbons (Fsp3) is 0.591. The molecule has 3 nitrogen and oxygen atoms in total. The zero-order valence-corrected chi connectivity index (χ0v) is 16.3. The van der Waals surface area contributed by atoms with E-state index in [1.54, 1.807) is 6.92 Å². The topological polar surface area (TPSA) is 29.5 Å². The molecule has 0 spiro atoms. The van der Waals surface area contributed by atoms with Crippen LogP contribution < -0.4 is 4.74 Å². The van der Waals surface area contributed by atoms with Gasteiger partial charge in [-0.2, -0.15) is 0 Å². The summed E-state index contributed by atoms with van der Waals surface area (Å²) in [6.45, 7) is 14.3. The molecule has 2 rings (SSSR count). The predicted octanol–water partition coefficient (Wildman–Crippen LogP) is 5.24. The van der Waals surface area contributed by atoms with Gasteiger partial charge in [-0.05, 0) is 68.7 Å². The van der Waals surface area contributed by atoms with Gasteiger partial charge in [-0.3, -0.25) is 4.79 Å². The van der Waals surface area contributed by atoms with E-state index in [4.69, 9.17) is 4.74 Å². The van der Waals surface area contributed by atoms with Gasteiger partial charge in [-0.1, -0.05) is 27.4 Å². The highest BCUT2D eigenvalue weighted by molar-refractivity contribution is 5.95. The van der Waals surface area contributed by atoms with Crippen LogP contribution in [0.2, 0.25) is 0 Å². The molecule has 0 aliphatic carbocycles. The Morgan fingerprint density at radius 2 is 2.12 bits per heavy atom. The average molecular weight is 344 g/mol. The zero-order chi connectivity index (χ0) is 18.4. The van der Waals surface area contributed by atoms with Crippen LogP contribution in [0, 0.1) is 5.92 Å². The highest BCUT2D eigenvalue weighted by Gasteiger charge is 2.24. The van der Waals surface area contributed by atoms with Crippen molar-refractivity contribution >= 4 is 5.78 Å². The molecule has 0 bridgehead atoms. The van der Waals surface area contributed by atoms with E-state index in [9.17, 15) is 4.79 Å². The molecular formula is C22H33NO2. The number of ketones is 1. The molecule has 1 fully saturated rings. The number of allylic oxidation sites excluding steroid dienone is 1. The van der Waals surface area contributed by atoms with Crippen LogP contribution in [0.1, 0.15) is 69.3 Å². The second-order valence-electron chi connectivity index (χ2n) is 7.55. The van der Waals surface area contributed by atoms with Crippen LogP contribution in [0.5, 0.6) is 5.75 Å². The SMILES string of the molecule is C=C(CC(C)C)N1CCCCC1COc1ccc(C(C)=O)c(CC)c1. The Kier molecular flexibility index (Phi) is 7.10. The molecule has 1 atom stereocenters. The predicted molar refractivity (Wildman–Crippen MR) is 104 cm³/mol. The molecule has 0 saturated carbocycles. The number of carbonyl (C=O) groups is 1. The van der Waals surface area contributed by atoms with E-state index in [-0.39, 0.29) is 5.78 Å². The largest absolute Gasteiger partial charge is 0.491 e. The Morgan fingerprint density at radius 1 is 1.36 bits per heavy atom. The molecule has 0 aromatic heterocycles. The summed E-state index contributed by atoms with van der Waals surface area (Å²) in [5.74, 6) is 1.61. The third-order valence-electron chi connectivity index (χ3n) is 4.96. The first-order valence-electron chi connectivity index (χ1n) is 9.63. The number of benzene rings is 1. The highest BCUT2D eigenvalue weighted by Crippen LogP contribution is 2.26. The lowest BCUT2D eigenvalue weighted by atomic mass is 9.99. The van der Waals surface area contributed by atoms with Crippen LogP contribution >= 0.6 is 0 Å². The lowest BCUT2D eigenvalue weighted by Gasteiger charge is -2.39. The number of carbonyl (C=O) groups excluding carboxylic acids is 1. The molecule has 1 aromatic carbocycles. The Morgan fingerprint density at radius 3 is 2.76 bits per heavy atom. The summed E-state index contributed by atoms with van der Waals surface area (Å²) in [5.41, 5.74) is 3.11. The van der Waals surface area contributed by atoms with Crippen molar-refractivity contribution in [2.24, 2.45) is 5.92 Å². The van der Waals surface area contributed by atoms with Gasteiger partial charge >= 0.3 is 0 Å². The number of rotatable bonds is 8. The monoisotopic (exact) mass is 343 g/mol. The maximum atomic E-state index is 11.7. The lowest BCUT2D eigenvalue weighted by Crippen LogP contribution is -2.42. The summed E-state index contributed by atoms with van der Waals surface area (Å²) in [6, 6.07) is 6.24. The maximum Gasteiger partial charge on any atom is 0.160 e. The Balaban J connectivity index is 2.03. The van der Waals surface area contributed by atoms with Gasteiger partial charge < -0.3 is 9.64 Å². The number of hydrogen-bond donors (Lipinski definition) is 0. The van der Waals surface area contributed by atoms with Gasteiger partial charge in [0.05, 0.1) is 6.04 Å². The van der Waals surface area contributed by atoms with Gasteiger partial charge in [0.15, 0.2) is 5.78 Å². The summed E-state index contributed by atoms with van der Waals surface area (Å²) in [7, 11) is 0. The molecule has 25 heavy (non-hydrogen) atoms. The molecule has 0 amide bonds. The molecule has 1 aliphatic heterocycles. The van der Waals surface area contributed by atoms with Crippen molar-refractivity contribution in [3.63, 3.8) is 0 Å². The number of likely N-dealkylation sites (tertiary alicyclic amines) is 1. The molecule has 1 aliphatic rings. The highest BCUT2D eigenvalue weighted by atomic mass is 16.5. The summed E-state index contributed by atoms with van der Waals surface area (Å²) < 4.78 is 6.11. The molecule has 0 N–H and O–H groups in total. The minimum atomic E-state index is 0.117. The maximum absolute atomic E-state index is 11.7. The van der Waals surface area contributed by atoms with Gasteiger partial charge in [0.2, 0.25) is 0 Å². The minimum absolute atomic E-state index is 0.117. The van der Waals surface area contributed by atoms with E-state index in [2.05, 4.69) is 32.3 Å². The van der Waals surface area contributed by atoms with E-state index >= 15 is 0 Å². The summed E-state index contributed by atoms with van der Waals surface area (Å²) in [4.78, 5) is 14.1. The molecule has 0 radical (unpaired) electrons. The Hall–Kier alpha value is -1.77. The summed E-state index contributed by atoms with van der Waals surface area (Å²) >= 11 is 0. The third kappa shape index (κ3) is 5.35. The second kappa shape index (κ2) is 9.07. The summed E-state index contributed by atoms with van der Waals surface area (Å²) in [5, 5.41) is 0. The zero-order valence-electron chi connectivity index (χ0n) is 16.3. The number of piperidine rings is 1. The van der Waals surface area contributed by atoms with E-state index < -0.39 is 0 Å². The number of ether oxygens (including phenoxy) is 1. The smallest absolute Gasteiger partial charge is 0.160 e. The van der Waals surface area contributed by atoms with Crippen molar-refractivity contribution in [2.75, 3.05) is 13.2 Å². The molecule has 1 aromatic rings. The van der Waals surface area contributed by atoms with E-state index in [1.807, 2.05) is 18.2 Å². The van der Waals surface area contributed by atoms with Crippen molar-refractivity contribution in [3.05, 3.63) is 41.6 Å². The number of nitrogens with zero attached hydrogens (tertiary/aromatic N) is 1. The number of hydrogen-bond acceptors (Lipinski definition) is 3. The van der Waals surface area contributed by atoms with Crippen LogP contribution in [0.4, 0.5) is 0 Å². The van der Waals surface area contributed by atoms with Crippen LogP contribution in [0.15, 0.2) is 30.5 Å². The Labute approximate surface area is 153 Å². The van der Waals surface area contributed by atoms with E-state index in [0.29, 0.717) is 18.6 Å². The van der Waals surface area contributed by atoms with Crippen LogP contribution in [-0.4, -0.2) is 29.9 Å². The minimum Gasteiger partial charge on any atom is -0.491 e. The molecule has 3 heteroatoms. The normalized spacial score (nSPS) is 17.6. The second-order valence-corrected chi connectivity index (χ2v) is 7.55. The van der Waals surface area contributed by atoms with E-state index in [1.165, 1.54) is 18.5 Å². The van der Waals surface area contributed by atoms with Crippen LogP contribution in [0.3, 0.4) is 0 Å². The lowest BCUT2D eigenvalue weighted by molar-refractivity contribution is 0.101. The quantitative estimate of drug-likeness (QED) is 0.604. The number of aryl methyl sites for hydroxylation is 1. The van der Waals surface area contributed by atoms with Gasteiger partial charge in [-0.15, -0.1) is 0 Å². The van der Waals surface area contributed by atoms with Crippen molar-refractivity contribution < 1.29 is 9.53 Å². The van der Waals surface area contributed by atoms with Gasteiger partial charge in [0, 0.05) is 17.8 Å². The Bertz CT molecular complexity index is 606. The first-order valence-corrected chi connectivity index (χ1v) is 9.63. The summed E-state index contributed by atoms with van der Waals surface area (Å²) in [6.07, 6.45) is 5.53. The molecule has 1 unspecified atom stereocenters. The fourth-order valence-electron chi connectivity index (χ4n) is 3.67. The first-order chi connectivity index (χ1) is 11.9.